The Hall–Kier alpha value is -2.78. The van der Waals surface area contributed by atoms with Crippen molar-refractivity contribution in [1.29, 1.82) is 0 Å². The Bertz CT molecular complexity index is 1180. The summed E-state index contributed by atoms with van der Waals surface area (Å²) in [6.07, 6.45) is 1.54. The van der Waals surface area contributed by atoms with Gasteiger partial charge in [-0.25, -0.2) is 8.42 Å². The van der Waals surface area contributed by atoms with Crippen molar-refractivity contribution < 1.29 is 17.9 Å². The first-order chi connectivity index (χ1) is 16.4. The molecule has 0 saturated heterocycles. The molecule has 0 radical (unpaired) electrons. The zero-order valence-electron chi connectivity index (χ0n) is 19.5. The average Bonchev–Trinajstić information content (AvgIpc) is 3.25. The molecule has 1 amide bonds. The number of amides is 1. The van der Waals surface area contributed by atoms with Crippen molar-refractivity contribution in [2.24, 2.45) is 0 Å². The molecule has 0 aliphatic rings. The number of hydrogen-bond acceptors (Lipinski definition) is 5. The molecule has 2 aromatic carbocycles. The number of rotatable bonds is 12. The van der Waals surface area contributed by atoms with Crippen molar-refractivity contribution in [1.82, 2.24) is 9.21 Å². The Morgan fingerprint density at radius 2 is 1.68 bits per heavy atom. The van der Waals surface area contributed by atoms with E-state index < -0.39 is 10.0 Å². The SMILES string of the molecule is COCCN(CC(=O)N(Cc1ccccc1)Cc1sccc1C)S(=O)(=O)/C=C/c1ccccc1. The normalized spacial score (nSPS) is 11.9. The minimum atomic E-state index is -3.84. The van der Waals surface area contributed by atoms with Crippen molar-refractivity contribution in [3.63, 3.8) is 0 Å². The Balaban J connectivity index is 1.81. The highest BCUT2D eigenvalue weighted by Gasteiger charge is 2.25. The van der Waals surface area contributed by atoms with Crippen LogP contribution in [0.1, 0.15) is 21.6 Å². The van der Waals surface area contributed by atoms with Gasteiger partial charge in [-0.15, -0.1) is 11.3 Å². The van der Waals surface area contributed by atoms with Crippen LogP contribution in [0.5, 0.6) is 0 Å². The number of carbonyl (C=O) groups is 1. The summed E-state index contributed by atoms with van der Waals surface area (Å²) in [7, 11) is -2.33. The molecule has 0 aliphatic heterocycles. The summed E-state index contributed by atoms with van der Waals surface area (Å²) >= 11 is 1.59. The van der Waals surface area contributed by atoms with E-state index in [0.29, 0.717) is 13.1 Å². The van der Waals surface area contributed by atoms with Crippen LogP contribution in [0.15, 0.2) is 77.5 Å². The number of thiophene rings is 1. The van der Waals surface area contributed by atoms with Gasteiger partial charge in [0.25, 0.3) is 0 Å². The molecule has 0 spiro atoms. The van der Waals surface area contributed by atoms with Crippen LogP contribution in [0, 0.1) is 6.92 Å². The fourth-order valence-electron chi connectivity index (χ4n) is 3.33. The van der Waals surface area contributed by atoms with Gasteiger partial charge in [0.1, 0.15) is 0 Å². The van der Waals surface area contributed by atoms with Gasteiger partial charge in [0.15, 0.2) is 0 Å². The lowest BCUT2D eigenvalue weighted by atomic mass is 10.2. The van der Waals surface area contributed by atoms with E-state index >= 15 is 0 Å². The van der Waals surface area contributed by atoms with E-state index in [1.807, 2.05) is 79.0 Å². The molecule has 0 bridgehead atoms. The molecule has 180 valence electrons. The van der Waals surface area contributed by atoms with Gasteiger partial charge in [0.2, 0.25) is 15.9 Å². The van der Waals surface area contributed by atoms with Crippen LogP contribution in [0.3, 0.4) is 0 Å². The highest BCUT2D eigenvalue weighted by molar-refractivity contribution is 7.92. The van der Waals surface area contributed by atoms with Gasteiger partial charge >= 0.3 is 0 Å². The number of sulfonamides is 1. The zero-order chi connectivity index (χ0) is 24.4. The summed E-state index contributed by atoms with van der Waals surface area (Å²) in [5, 5.41) is 3.15. The van der Waals surface area contributed by atoms with Gasteiger partial charge in [-0.2, -0.15) is 4.31 Å². The summed E-state index contributed by atoms with van der Waals surface area (Å²) in [6, 6.07) is 20.9. The van der Waals surface area contributed by atoms with Crippen LogP contribution >= 0.6 is 11.3 Å². The van der Waals surface area contributed by atoms with Crippen molar-refractivity contribution >= 4 is 33.3 Å². The van der Waals surface area contributed by atoms with Gasteiger partial charge in [0, 0.05) is 30.5 Å². The summed E-state index contributed by atoms with van der Waals surface area (Å²) in [6.45, 7) is 2.85. The first-order valence-corrected chi connectivity index (χ1v) is 13.3. The standard InChI is InChI=1S/C26H30N2O4S2/c1-22-13-17-33-25(22)20-27(19-24-11-7-4-8-12-24)26(29)21-28(15-16-32-2)34(30,31)18-14-23-9-5-3-6-10-23/h3-14,17-18H,15-16,19-21H2,1-2H3/b18-14+. The molecule has 0 aliphatic carbocycles. The largest absolute Gasteiger partial charge is 0.383 e. The monoisotopic (exact) mass is 498 g/mol. The lowest BCUT2D eigenvalue weighted by Gasteiger charge is -2.26. The Kier molecular flexibility index (Phi) is 9.59. The van der Waals surface area contributed by atoms with Crippen LogP contribution < -0.4 is 0 Å². The fourth-order valence-corrected chi connectivity index (χ4v) is 5.37. The first-order valence-electron chi connectivity index (χ1n) is 11.0. The highest BCUT2D eigenvalue weighted by atomic mass is 32.2. The first kappa shape index (κ1) is 25.8. The maximum atomic E-state index is 13.4. The third kappa shape index (κ3) is 7.63. The third-order valence-electron chi connectivity index (χ3n) is 5.32. The smallest absolute Gasteiger partial charge is 0.238 e. The van der Waals surface area contributed by atoms with Crippen LogP contribution in [0.4, 0.5) is 0 Å². The molecule has 0 atom stereocenters. The van der Waals surface area contributed by atoms with E-state index in [9.17, 15) is 13.2 Å². The number of carbonyl (C=O) groups excluding carboxylic acids is 1. The van der Waals surface area contributed by atoms with Crippen molar-refractivity contribution in [2.75, 3.05) is 26.8 Å². The van der Waals surface area contributed by atoms with Gasteiger partial charge < -0.3 is 9.64 Å². The number of aryl methyl sites for hydroxylation is 1. The molecule has 3 aromatic rings. The molecule has 0 saturated carbocycles. The van der Waals surface area contributed by atoms with Crippen molar-refractivity contribution in [2.45, 2.75) is 20.0 Å². The Morgan fingerprint density at radius 1 is 1.00 bits per heavy atom. The Morgan fingerprint density at radius 3 is 2.29 bits per heavy atom. The second-order valence-electron chi connectivity index (χ2n) is 7.85. The number of ether oxygens (including phenoxy) is 1. The summed E-state index contributed by atoms with van der Waals surface area (Å²) < 4.78 is 32.5. The predicted octanol–water partition coefficient (Wildman–Crippen LogP) is 4.53. The van der Waals surface area contributed by atoms with Gasteiger partial charge in [-0.3, -0.25) is 4.79 Å². The van der Waals surface area contributed by atoms with E-state index in [-0.39, 0.29) is 25.6 Å². The van der Waals surface area contributed by atoms with E-state index in [1.165, 1.54) is 17.5 Å². The zero-order valence-corrected chi connectivity index (χ0v) is 21.1. The highest BCUT2D eigenvalue weighted by Crippen LogP contribution is 2.20. The van der Waals surface area contributed by atoms with Crippen molar-refractivity contribution in [3.8, 4) is 0 Å². The molecule has 34 heavy (non-hydrogen) atoms. The summed E-state index contributed by atoms with van der Waals surface area (Å²) in [4.78, 5) is 16.2. The second kappa shape index (κ2) is 12.6. The molecule has 8 heteroatoms. The summed E-state index contributed by atoms with van der Waals surface area (Å²) in [5.41, 5.74) is 2.87. The quantitative estimate of drug-likeness (QED) is 0.368. The minimum Gasteiger partial charge on any atom is -0.383 e. The molecule has 0 N–H and O–H groups in total. The minimum absolute atomic E-state index is 0.0842. The molecule has 3 rings (SSSR count). The molecule has 1 aromatic heterocycles. The Labute approximate surface area is 206 Å². The van der Waals surface area contributed by atoms with Gasteiger partial charge in [-0.05, 0) is 41.1 Å². The maximum Gasteiger partial charge on any atom is 0.238 e. The van der Waals surface area contributed by atoms with E-state index in [1.54, 1.807) is 16.2 Å². The second-order valence-corrected chi connectivity index (χ2v) is 10.7. The molecule has 1 heterocycles. The van der Waals surface area contributed by atoms with Crippen LogP contribution in [-0.4, -0.2) is 50.3 Å². The lowest BCUT2D eigenvalue weighted by molar-refractivity contribution is -0.132. The number of nitrogens with zero attached hydrogens (tertiary/aromatic N) is 2. The van der Waals surface area contributed by atoms with Crippen LogP contribution in [0.25, 0.3) is 6.08 Å². The molecule has 6 nitrogen and oxygen atoms in total. The maximum absolute atomic E-state index is 13.4. The van der Waals surface area contributed by atoms with Crippen LogP contribution in [0.2, 0.25) is 0 Å². The molecular formula is C26H30N2O4S2. The third-order valence-corrected chi connectivity index (χ3v) is 7.84. The van der Waals surface area contributed by atoms with E-state index in [2.05, 4.69) is 0 Å². The fraction of sp³-hybridized carbons (Fsp3) is 0.269. The van der Waals surface area contributed by atoms with Gasteiger partial charge in [0.05, 0.1) is 19.7 Å². The molecular weight excluding hydrogens is 468 g/mol. The average molecular weight is 499 g/mol. The number of benzene rings is 2. The van der Waals surface area contributed by atoms with Gasteiger partial charge in [-0.1, -0.05) is 60.7 Å². The number of methoxy groups -OCH3 is 1. The number of hydrogen-bond donors (Lipinski definition) is 0. The molecule has 0 fully saturated rings. The summed E-state index contributed by atoms with van der Waals surface area (Å²) in [5.74, 6) is -0.260. The van der Waals surface area contributed by atoms with E-state index in [0.717, 1.165) is 27.0 Å². The van der Waals surface area contributed by atoms with E-state index in [4.69, 9.17) is 4.74 Å². The topological polar surface area (TPSA) is 66.9 Å². The van der Waals surface area contributed by atoms with Crippen LogP contribution in [-0.2, 0) is 32.6 Å². The van der Waals surface area contributed by atoms with Crippen molar-refractivity contribution in [3.05, 3.63) is 99.1 Å². The predicted molar refractivity (Wildman–Crippen MR) is 138 cm³/mol. The lowest BCUT2D eigenvalue weighted by Crippen LogP contribution is -2.43. The molecule has 0 unspecified atom stereocenters.